The fourth-order valence-electron chi connectivity index (χ4n) is 2.80. The van der Waals surface area contributed by atoms with Crippen LogP contribution in [0.1, 0.15) is 25.6 Å². The summed E-state index contributed by atoms with van der Waals surface area (Å²) in [6.45, 7) is 5.88. The Balaban J connectivity index is 2.13. The number of nitrogens with two attached hydrogens (primary N) is 1. The van der Waals surface area contributed by atoms with Gasteiger partial charge in [0, 0.05) is 18.7 Å². The normalized spacial score (nSPS) is 11.2. The van der Waals surface area contributed by atoms with E-state index in [1.807, 2.05) is 30.4 Å². The first kappa shape index (κ1) is 17.2. The summed E-state index contributed by atoms with van der Waals surface area (Å²) in [6, 6.07) is 3.80. The van der Waals surface area contributed by atoms with Crippen LogP contribution in [-0.4, -0.2) is 46.4 Å². The zero-order valence-corrected chi connectivity index (χ0v) is 14.9. The molecule has 0 fully saturated rings. The molecule has 3 rings (SSSR count). The van der Waals surface area contributed by atoms with Crippen LogP contribution in [0.4, 0.5) is 5.82 Å². The van der Waals surface area contributed by atoms with Crippen LogP contribution in [0.3, 0.4) is 0 Å². The zero-order chi connectivity index (χ0) is 17.8. The number of unbranched alkanes of at least 4 members (excludes halogenated alkanes) is 1. The molecule has 0 atom stereocenters. The molecule has 134 valence electrons. The predicted molar refractivity (Wildman–Crippen MR) is 97.5 cm³/mol. The highest BCUT2D eigenvalue weighted by Gasteiger charge is 2.16. The van der Waals surface area contributed by atoms with Gasteiger partial charge < -0.3 is 20.5 Å². The minimum absolute atomic E-state index is 0.556. The number of rotatable bonds is 8. The molecule has 0 saturated carbocycles. The molecule has 0 unspecified atom stereocenters. The Bertz CT molecular complexity index is 877. The first-order valence-corrected chi connectivity index (χ1v) is 8.49. The predicted octanol–water partition coefficient (Wildman–Crippen LogP) is 2.14. The van der Waals surface area contributed by atoms with E-state index in [4.69, 9.17) is 20.2 Å². The van der Waals surface area contributed by atoms with Crippen molar-refractivity contribution < 1.29 is 9.47 Å². The Hall–Kier alpha value is -2.61. The molecule has 2 aromatic heterocycles. The summed E-state index contributed by atoms with van der Waals surface area (Å²) in [5.74, 6) is 2.83. The van der Waals surface area contributed by atoms with Gasteiger partial charge in [-0.15, -0.1) is 10.2 Å². The molecule has 0 aliphatic rings. The summed E-state index contributed by atoms with van der Waals surface area (Å²) in [7, 11) is 1.62. The highest BCUT2D eigenvalue weighted by Crippen LogP contribution is 2.33. The Morgan fingerprint density at radius 2 is 2.04 bits per heavy atom. The van der Waals surface area contributed by atoms with Crippen LogP contribution in [0.2, 0.25) is 0 Å². The van der Waals surface area contributed by atoms with Gasteiger partial charge in [-0.25, -0.2) is 4.98 Å². The van der Waals surface area contributed by atoms with Gasteiger partial charge in [-0.1, -0.05) is 0 Å². The number of hydrogen-bond donors (Lipinski definition) is 2. The third-order valence-electron chi connectivity index (χ3n) is 3.99. The van der Waals surface area contributed by atoms with Gasteiger partial charge in [0.15, 0.2) is 17.3 Å². The van der Waals surface area contributed by atoms with E-state index < -0.39 is 0 Å². The van der Waals surface area contributed by atoms with Crippen LogP contribution >= 0.6 is 0 Å². The van der Waals surface area contributed by atoms with E-state index in [0.717, 1.165) is 36.2 Å². The summed E-state index contributed by atoms with van der Waals surface area (Å²) in [6.07, 6.45) is 1.94. The van der Waals surface area contributed by atoms with Crippen LogP contribution in [0.25, 0.3) is 16.7 Å². The van der Waals surface area contributed by atoms with Crippen molar-refractivity contribution in [3.63, 3.8) is 0 Å². The third kappa shape index (κ3) is 3.30. The lowest BCUT2D eigenvalue weighted by Crippen LogP contribution is -2.09. The molecule has 25 heavy (non-hydrogen) atoms. The van der Waals surface area contributed by atoms with Crippen molar-refractivity contribution in [3.8, 4) is 11.5 Å². The summed E-state index contributed by atoms with van der Waals surface area (Å²) in [5.41, 5.74) is 7.92. The minimum atomic E-state index is 0.556. The van der Waals surface area contributed by atoms with Crippen LogP contribution < -0.4 is 20.5 Å². The summed E-state index contributed by atoms with van der Waals surface area (Å²) in [4.78, 5) is 4.72. The van der Waals surface area contributed by atoms with E-state index in [9.17, 15) is 0 Å². The van der Waals surface area contributed by atoms with Gasteiger partial charge in [-0.2, -0.15) is 0 Å². The van der Waals surface area contributed by atoms with E-state index in [1.54, 1.807) is 7.11 Å². The number of methoxy groups -OCH3 is 1. The topological polar surface area (TPSA) is 99.6 Å². The maximum atomic E-state index is 5.69. The number of benzene rings is 1. The average molecular weight is 344 g/mol. The molecule has 0 saturated heterocycles. The van der Waals surface area contributed by atoms with Gasteiger partial charge in [0.05, 0.1) is 24.8 Å². The van der Waals surface area contributed by atoms with Crippen molar-refractivity contribution in [1.82, 2.24) is 19.6 Å². The van der Waals surface area contributed by atoms with E-state index in [1.165, 1.54) is 0 Å². The maximum Gasteiger partial charge on any atom is 0.204 e. The standard InChI is InChI=1S/C17H24N6O2/c1-4-25-15-10-13-12(9-14(15)24-3)20-16(19-8-6-5-7-18)17-22-21-11(2)23(13)17/h9-10H,4-8,18H2,1-3H3,(H,19,20). The van der Waals surface area contributed by atoms with Crippen molar-refractivity contribution in [3.05, 3.63) is 18.0 Å². The minimum Gasteiger partial charge on any atom is -0.493 e. The molecule has 2 heterocycles. The van der Waals surface area contributed by atoms with Crippen molar-refractivity contribution in [2.24, 2.45) is 5.73 Å². The molecule has 1 aromatic carbocycles. The molecule has 0 spiro atoms. The molecule has 8 heteroatoms. The number of aryl methyl sites for hydroxylation is 1. The largest absolute Gasteiger partial charge is 0.493 e. The second-order valence-corrected chi connectivity index (χ2v) is 5.71. The van der Waals surface area contributed by atoms with Crippen molar-refractivity contribution >= 4 is 22.5 Å². The summed E-state index contributed by atoms with van der Waals surface area (Å²) < 4.78 is 13.1. The monoisotopic (exact) mass is 344 g/mol. The van der Waals surface area contributed by atoms with Crippen molar-refractivity contribution in [2.45, 2.75) is 26.7 Å². The first-order valence-electron chi connectivity index (χ1n) is 8.49. The number of anilines is 1. The fourth-order valence-corrected chi connectivity index (χ4v) is 2.80. The maximum absolute atomic E-state index is 5.69. The summed E-state index contributed by atoms with van der Waals surface area (Å²) >= 11 is 0. The Morgan fingerprint density at radius 3 is 2.76 bits per heavy atom. The highest BCUT2D eigenvalue weighted by molar-refractivity contribution is 5.85. The lowest BCUT2D eigenvalue weighted by atomic mass is 10.2. The summed E-state index contributed by atoms with van der Waals surface area (Å²) in [5, 5.41) is 11.8. The quantitative estimate of drug-likeness (QED) is 0.604. The lowest BCUT2D eigenvalue weighted by molar-refractivity contribution is 0.311. The molecule has 0 aliphatic carbocycles. The molecule has 0 amide bonds. The number of nitrogens with one attached hydrogen (secondary N) is 1. The van der Waals surface area contributed by atoms with Crippen LogP contribution in [0, 0.1) is 6.92 Å². The van der Waals surface area contributed by atoms with Gasteiger partial charge in [-0.3, -0.25) is 4.40 Å². The van der Waals surface area contributed by atoms with Crippen molar-refractivity contribution in [2.75, 3.05) is 32.1 Å². The van der Waals surface area contributed by atoms with E-state index >= 15 is 0 Å². The van der Waals surface area contributed by atoms with Gasteiger partial charge in [0.1, 0.15) is 5.82 Å². The van der Waals surface area contributed by atoms with Crippen LogP contribution in [-0.2, 0) is 0 Å². The average Bonchev–Trinajstić information content (AvgIpc) is 3.01. The number of ether oxygens (including phenoxy) is 2. The number of hydrogen-bond acceptors (Lipinski definition) is 7. The Labute approximate surface area is 146 Å². The molecule has 8 nitrogen and oxygen atoms in total. The van der Waals surface area contributed by atoms with Gasteiger partial charge in [0.25, 0.3) is 0 Å². The SMILES string of the molecule is CCOc1cc2c(cc1OC)nc(NCCCCN)c1nnc(C)n12. The van der Waals surface area contributed by atoms with E-state index in [-0.39, 0.29) is 0 Å². The Morgan fingerprint density at radius 1 is 1.20 bits per heavy atom. The number of aromatic nitrogens is 4. The van der Waals surface area contributed by atoms with E-state index in [2.05, 4.69) is 15.5 Å². The second-order valence-electron chi connectivity index (χ2n) is 5.71. The highest BCUT2D eigenvalue weighted by atomic mass is 16.5. The molecule has 0 bridgehead atoms. The lowest BCUT2D eigenvalue weighted by Gasteiger charge is -2.13. The fraction of sp³-hybridized carbons (Fsp3) is 0.471. The third-order valence-corrected chi connectivity index (χ3v) is 3.99. The molecular formula is C17H24N6O2. The van der Waals surface area contributed by atoms with Gasteiger partial charge >= 0.3 is 0 Å². The van der Waals surface area contributed by atoms with E-state index in [0.29, 0.717) is 36.1 Å². The molecule has 0 radical (unpaired) electrons. The van der Waals surface area contributed by atoms with Crippen molar-refractivity contribution in [1.29, 1.82) is 0 Å². The van der Waals surface area contributed by atoms with Crippen LogP contribution in [0.15, 0.2) is 12.1 Å². The Kier molecular flexibility index (Phi) is 5.18. The molecule has 0 aliphatic heterocycles. The smallest absolute Gasteiger partial charge is 0.204 e. The zero-order valence-electron chi connectivity index (χ0n) is 14.9. The number of nitrogens with zero attached hydrogens (tertiary/aromatic N) is 4. The molecule has 3 N–H and O–H groups in total. The number of fused-ring (bicyclic) bond motifs is 3. The van der Waals surface area contributed by atoms with Gasteiger partial charge in [-0.05, 0) is 33.2 Å². The molecular weight excluding hydrogens is 320 g/mol. The van der Waals surface area contributed by atoms with Gasteiger partial charge in [0.2, 0.25) is 5.65 Å². The molecule has 3 aromatic rings. The van der Waals surface area contributed by atoms with Crippen LogP contribution in [0.5, 0.6) is 11.5 Å². The first-order chi connectivity index (χ1) is 12.2. The second kappa shape index (κ2) is 7.52.